The van der Waals surface area contributed by atoms with Gasteiger partial charge in [0.15, 0.2) is 0 Å². The number of tetrazole rings is 1. The Balaban J connectivity index is 1.71. The molecule has 3 aromatic rings. The quantitative estimate of drug-likeness (QED) is 0.710. The monoisotopic (exact) mass is 357 g/mol. The Bertz CT molecular complexity index is 881. The van der Waals surface area contributed by atoms with Gasteiger partial charge in [-0.2, -0.15) is 4.68 Å². The number of aromatic nitrogens is 4. The summed E-state index contributed by atoms with van der Waals surface area (Å²) in [5.41, 5.74) is 2.35. The van der Waals surface area contributed by atoms with Gasteiger partial charge in [0.25, 0.3) is 0 Å². The lowest BCUT2D eigenvalue weighted by molar-refractivity contribution is -0.115. The van der Waals surface area contributed by atoms with Gasteiger partial charge in [-0.25, -0.2) is 4.39 Å². The zero-order chi connectivity index (χ0) is 17.8. The number of rotatable bonds is 5. The Morgan fingerprint density at radius 2 is 2.00 bits per heavy atom. The van der Waals surface area contributed by atoms with E-state index < -0.39 is 5.25 Å². The second kappa shape index (κ2) is 7.43. The van der Waals surface area contributed by atoms with Crippen LogP contribution >= 0.6 is 11.8 Å². The van der Waals surface area contributed by atoms with Gasteiger partial charge in [-0.15, -0.1) is 5.10 Å². The number of halogens is 1. The van der Waals surface area contributed by atoms with Crippen molar-refractivity contribution in [2.24, 2.45) is 0 Å². The number of carbonyl (C=O) groups excluding carboxylic acids is 1. The maximum Gasteiger partial charge on any atom is 0.237 e. The molecule has 6 nitrogen and oxygen atoms in total. The van der Waals surface area contributed by atoms with E-state index in [4.69, 9.17) is 0 Å². The van der Waals surface area contributed by atoms with Gasteiger partial charge in [0.05, 0.1) is 10.9 Å². The number of hydrogen-bond donors (Lipinski definition) is 1. The molecule has 0 spiro atoms. The van der Waals surface area contributed by atoms with Crippen LogP contribution in [0.3, 0.4) is 0 Å². The lowest BCUT2D eigenvalue weighted by Crippen LogP contribution is -2.22. The normalized spacial score (nSPS) is 12.0. The molecule has 2 aromatic carbocycles. The first-order valence-electron chi connectivity index (χ1n) is 7.61. The van der Waals surface area contributed by atoms with Gasteiger partial charge in [-0.1, -0.05) is 35.5 Å². The summed E-state index contributed by atoms with van der Waals surface area (Å²) >= 11 is 1.20. The SMILES string of the molecule is Cc1ccc(NC(=O)[C@H](C)Sc2nnnn2-c2cccc(F)c2)cc1. The molecule has 0 radical (unpaired) electrons. The van der Waals surface area contributed by atoms with E-state index in [9.17, 15) is 9.18 Å². The van der Waals surface area contributed by atoms with E-state index >= 15 is 0 Å². The van der Waals surface area contributed by atoms with Crippen LogP contribution in [0, 0.1) is 12.7 Å². The van der Waals surface area contributed by atoms with Crippen molar-refractivity contribution in [3.05, 3.63) is 59.9 Å². The number of carbonyl (C=O) groups is 1. The maximum absolute atomic E-state index is 13.4. The van der Waals surface area contributed by atoms with Gasteiger partial charge >= 0.3 is 0 Å². The summed E-state index contributed by atoms with van der Waals surface area (Å²) in [6.07, 6.45) is 0. The molecule has 1 aromatic heterocycles. The van der Waals surface area contributed by atoms with Gasteiger partial charge in [-0.3, -0.25) is 4.79 Å². The molecule has 1 heterocycles. The fourth-order valence-corrected chi connectivity index (χ4v) is 2.92. The average molecular weight is 357 g/mol. The molecule has 128 valence electrons. The number of nitrogens with one attached hydrogen (secondary N) is 1. The molecule has 1 N–H and O–H groups in total. The van der Waals surface area contributed by atoms with Crippen molar-refractivity contribution in [2.75, 3.05) is 5.32 Å². The largest absolute Gasteiger partial charge is 0.325 e. The molecule has 3 rings (SSSR count). The summed E-state index contributed by atoms with van der Waals surface area (Å²) in [4.78, 5) is 12.4. The van der Waals surface area contributed by atoms with Crippen molar-refractivity contribution in [1.82, 2.24) is 20.2 Å². The number of anilines is 1. The molecule has 0 unspecified atom stereocenters. The zero-order valence-corrected chi connectivity index (χ0v) is 14.5. The zero-order valence-electron chi connectivity index (χ0n) is 13.7. The number of amides is 1. The molecule has 1 atom stereocenters. The number of aryl methyl sites for hydroxylation is 1. The first-order chi connectivity index (χ1) is 12.0. The highest BCUT2D eigenvalue weighted by Crippen LogP contribution is 2.24. The van der Waals surface area contributed by atoms with E-state index in [1.165, 1.54) is 28.6 Å². The van der Waals surface area contributed by atoms with Gasteiger partial charge in [0, 0.05) is 5.69 Å². The molecule has 0 aliphatic heterocycles. The van der Waals surface area contributed by atoms with Gasteiger partial charge in [0.1, 0.15) is 5.82 Å². The molecule has 0 saturated heterocycles. The van der Waals surface area contributed by atoms with Crippen LogP contribution in [0.4, 0.5) is 10.1 Å². The highest BCUT2D eigenvalue weighted by Gasteiger charge is 2.19. The molecule has 0 fully saturated rings. The van der Waals surface area contributed by atoms with Crippen molar-refractivity contribution in [1.29, 1.82) is 0 Å². The van der Waals surface area contributed by atoms with E-state index in [2.05, 4.69) is 20.8 Å². The van der Waals surface area contributed by atoms with Crippen molar-refractivity contribution in [2.45, 2.75) is 24.3 Å². The standard InChI is InChI=1S/C17H16FN5OS/c1-11-6-8-14(9-7-11)19-16(24)12(2)25-17-20-21-22-23(17)15-5-3-4-13(18)10-15/h3-10,12H,1-2H3,(H,19,24)/t12-/m0/s1. The molecular weight excluding hydrogens is 341 g/mol. The predicted octanol–water partition coefficient (Wildman–Crippen LogP) is 3.23. The lowest BCUT2D eigenvalue weighted by Gasteiger charge is -2.12. The number of thioether (sulfide) groups is 1. The molecule has 8 heteroatoms. The van der Waals surface area contributed by atoms with E-state index in [0.29, 0.717) is 10.8 Å². The van der Waals surface area contributed by atoms with Crippen LogP contribution in [-0.2, 0) is 4.79 Å². The van der Waals surface area contributed by atoms with Gasteiger partial charge in [0.2, 0.25) is 11.1 Å². The Labute approximate surface area is 148 Å². The Morgan fingerprint density at radius 3 is 2.72 bits per heavy atom. The van der Waals surface area contributed by atoms with Crippen LogP contribution in [0.5, 0.6) is 0 Å². The van der Waals surface area contributed by atoms with Crippen molar-refractivity contribution >= 4 is 23.4 Å². The van der Waals surface area contributed by atoms with Crippen LogP contribution < -0.4 is 5.32 Å². The molecule has 0 saturated carbocycles. The van der Waals surface area contributed by atoms with Crippen LogP contribution in [0.2, 0.25) is 0 Å². The summed E-state index contributed by atoms with van der Waals surface area (Å²) in [7, 11) is 0. The third kappa shape index (κ3) is 4.21. The first kappa shape index (κ1) is 17.1. The third-order valence-electron chi connectivity index (χ3n) is 3.46. The minimum atomic E-state index is -0.431. The molecule has 25 heavy (non-hydrogen) atoms. The predicted molar refractivity (Wildman–Crippen MR) is 94.2 cm³/mol. The Kier molecular flexibility index (Phi) is 5.08. The number of hydrogen-bond acceptors (Lipinski definition) is 5. The molecule has 1 amide bonds. The number of benzene rings is 2. The Hall–Kier alpha value is -2.74. The third-order valence-corrected chi connectivity index (χ3v) is 4.50. The fourth-order valence-electron chi connectivity index (χ4n) is 2.11. The van der Waals surface area contributed by atoms with Crippen molar-refractivity contribution < 1.29 is 9.18 Å². The highest BCUT2D eigenvalue weighted by molar-refractivity contribution is 8.00. The lowest BCUT2D eigenvalue weighted by atomic mass is 10.2. The van der Waals surface area contributed by atoms with Crippen LogP contribution in [0.1, 0.15) is 12.5 Å². The molecule has 0 bridgehead atoms. The summed E-state index contributed by atoms with van der Waals surface area (Å²) in [5, 5.41) is 14.3. The maximum atomic E-state index is 13.4. The highest BCUT2D eigenvalue weighted by atomic mass is 32.2. The summed E-state index contributed by atoms with van der Waals surface area (Å²) in [5.74, 6) is -0.545. The first-order valence-corrected chi connectivity index (χ1v) is 8.49. The van der Waals surface area contributed by atoms with Crippen LogP contribution in [0.25, 0.3) is 5.69 Å². The van der Waals surface area contributed by atoms with Crippen molar-refractivity contribution in [3.8, 4) is 5.69 Å². The van der Waals surface area contributed by atoms with E-state index in [-0.39, 0.29) is 11.7 Å². The van der Waals surface area contributed by atoms with Gasteiger partial charge < -0.3 is 5.32 Å². The fraction of sp³-hybridized carbons (Fsp3) is 0.176. The topological polar surface area (TPSA) is 72.7 Å². The summed E-state index contributed by atoms with van der Waals surface area (Å²) in [6.45, 7) is 3.75. The summed E-state index contributed by atoms with van der Waals surface area (Å²) < 4.78 is 14.8. The van der Waals surface area contributed by atoms with Crippen molar-refractivity contribution in [3.63, 3.8) is 0 Å². The molecule has 0 aliphatic carbocycles. The number of nitrogens with zero attached hydrogens (tertiary/aromatic N) is 4. The van der Waals surface area contributed by atoms with Gasteiger partial charge in [-0.05, 0) is 54.6 Å². The second-order valence-corrected chi connectivity index (χ2v) is 6.78. The summed E-state index contributed by atoms with van der Waals surface area (Å²) in [6, 6.07) is 13.5. The minimum Gasteiger partial charge on any atom is -0.325 e. The minimum absolute atomic E-state index is 0.164. The van der Waals surface area contributed by atoms with E-state index in [1.54, 1.807) is 19.1 Å². The van der Waals surface area contributed by atoms with Crippen LogP contribution in [0.15, 0.2) is 53.7 Å². The van der Waals surface area contributed by atoms with Crippen LogP contribution in [-0.4, -0.2) is 31.4 Å². The second-order valence-electron chi connectivity index (χ2n) is 5.47. The van der Waals surface area contributed by atoms with E-state index in [1.807, 2.05) is 31.2 Å². The smallest absolute Gasteiger partial charge is 0.237 e. The molecule has 0 aliphatic rings. The average Bonchev–Trinajstić information content (AvgIpc) is 3.05. The molecular formula is C17H16FN5OS. The Morgan fingerprint density at radius 1 is 1.24 bits per heavy atom. The van der Waals surface area contributed by atoms with E-state index in [0.717, 1.165) is 11.3 Å².